The lowest BCUT2D eigenvalue weighted by atomic mass is 10.0. The summed E-state index contributed by atoms with van der Waals surface area (Å²) in [5, 5.41) is 0. The number of hydrogen-bond acceptors (Lipinski definition) is 8. The summed E-state index contributed by atoms with van der Waals surface area (Å²) in [5.74, 6) is -0.314. The Morgan fingerprint density at radius 2 is 1.06 bits per heavy atom. The van der Waals surface area contributed by atoms with Crippen LogP contribution >= 0.6 is 15.9 Å². The van der Waals surface area contributed by atoms with Crippen molar-refractivity contribution in [3.63, 3.8) is 0 Å². The van der Waals surface area contributed by atoms with Crippen LogP contribution < -0.4 is 0 Å². The van der Waals surface area contributed by atoms with Crippen LogP contribution in [-0.2, 0) is 27.3 Å². The average molecular weight is 718 g/mol. The standard InChI is InChI=1S/C19H28N2O4.C17H25BrN2O2/c1-14-6-7-15(16(12-14)17(22)24-5)13-20-8-10-21(11-9-20)18(23)25-19(2,3)4;1-13-5-6-14(15(18)11-13)12-19-7-9-20(10-8-19)16(21)22-17(2,3)4/h6-7,12H,8-11,13H2,1-5H3;5-6,11H,7-10,12H2,1-4H3. The SMILES string of the molecule is COC(=O)c1cc(C)ccc1CN1CCN(C(=O)OC(C)(C)C)CC1.Cc1ccc(CN2CCN(C(=O)OC(C)(C)C)CC2)c(Br)c1. The zero-order chi connectivity index (χ0) is 34.9. The third-order valence-electron chi connectivity index (χ3n) is 7.72. The van der Waals surface area contributed by atoms with Crippen molar-refractivity contribution in [1.82, 2.24) is 19.6 Å². The van der Waals surface area contributed by atoms with Crippen LogP contribution in [-0.4, -0.2) is 108 Å². The van der Waals surface area contributed by atoms with Gasteiger partial charge in [-0.15, -0.1) is 0 Å². The number of nitrogens with zero attached hydrogens (tertiary/aromatic N) is 4. The largest absolute Gasteiger partial charge is 0.465 e. The predicted octanol–water partition coefficient (Wildman–Crippen LogP) is 6.64. The van der Waals surface area contributed by atoms with E-state index < -0.39 is 11.2 Å². The number of carbonyl (C=O) groups is 3. The highest BCUT2D eigenvalue weighted by molar-refractivity contribution is 9.10. The molecule has 2 aromatic carbocycles. The van der Waals surface area contributed by atoms with Gasteiger partial charge in [-0.3, -0.25) is 9.80 Å². The van der Waals surface area contributed by atoms with Crippen LogP contribution in [0.4, 0.5) is 9.59 Å². The van der Waals surface area contributed by atoms with E-state index in [1.165, 1.54) is 18.2 Å². The summed E-state index contributed by atoms with van der Waals surface area (Å²) in [6.07, 6.45) is -0.471. The number of methoxy groups -OCH3 is 1. The molecule has 260 valence electrons. The Morgan fingerprint density at radius 3 is 1.47 bits per heavy atom. The van der Waals surface area contributed by atoms with Crippen LogP contribution in [0.5, 0.6) is 0 Å². The van der Waals surface area contributed by atoms with E-state index in [0.717, 1.165) is 61.4 Å². The lowest BCUT2D eigenvalue weighted by Gasteiger charge is -2.35. The number of amides is 2. The molecule has 2 saturated heterocycles. The third-order valence-corrected chi connectivity index (χ3v) is 8.45. The first-order chi connectivity index (χ1) is 21.9. The number of esters is 1. The van der Waals surface area contributed by atoms with E-state index in [-0.39, 0.29) is 18.2 Å². The molecule has 47 heavy (non-hydrogen) atoms. The monoisotopic (exact) mass is 716 g/mol. The fourth-order valence-corrected chi connectivity index (χ4v) is 5.84. The summed E-state index contributed by atoms with van der Waals surface area (Å²) >= 11 is 3.63. The van der Waals surface area contributed by atoms with Gasteiger partial charge in [0.25, 0.3) is 0 Å². The van der Waals surface area contributed by atoms with Crippen molar-refractivity contribution in [2.75, 3.05) is 59.5 Å². The van der Waals surface area contributed by atoms with E-state index in [0.29, 0.717) is 25.2 Å². The molecule has 0 N–H and O–H groups in total. The van der Waals surface area contributed by atoms with Crippen LogP contribution in [0.1, 0.15) is 74.2 Å². The van der Waals surface area contributed by atoms with Gasteiger partial charge < -0.3 is 24.0 Å². The summed E-state index contributed by atoms with van der Waals surface area (Å²) in [7, 11) is 1.40. The van der Waals surface area contributed by atoms with Crippen molar-refractivity contribution in [2.45, 2.75) is 79.7 Å². The molecule has 0 bridgehead atoms. The van der Waals surface area contributed by atoms with E-state index in [1.54, 1.807) is 9.80 Å². The zero-order valence-corrected chi connectivity index (χ0v) is 31.2. The Hall–Kier alpha value is -3.15. The molecule has 2 heterocycles. The summed E-state index contributed by atoms with van der Waals surface area (Å²) in [6.45, 7) is 22.8. The van der Waals surface area contributed by atoms with Gasteiger partial charge in [-0.25, -0.2) is 14.4 Å². The lowest BCUT2D eigenvalue weighted by Crippen LogP contribution is -2.49. The van der Waals surface area contributed by atoms with Crippen LogP contribution in [0.3, 0.4) is 0 Å². The van der Waals surface area contributed by atoms with Crippen LogP contribution in [0.2, 0.25) is 0 Å². The van der Waals surface area contributed by atoms with E-state index in [2.05, 4.69) is 50.9 Å². The van der Waals surface area contributed by atoms with Crippen molar-refractivity contribution < 1.29 is 28.6 Å². The van der Waals surface area contributed by atoms with Crippen molar-refractivity contribution in [2.24, 2.45) is 0 Å². The minimum absolute atomic E-state index is 0.205. The van der Waals surface area contributed by atoms with Crippen LogP contribution in [0, 0.1) is 13.8 Å². The van der Waals surface area contributed by atoms with Gasteiger partial charge in [-0.2, -0.15) is 0 Å². The molecule has 10 nitrogen and oxygen atoms in total. The molecule has 0 unspecified atom stereocenters. The molecule has 0 atom stereocenters. The molecule has 2 amide bonds. The van der Waals surface area contributed by atoms with Crippen molar-refractivity contribution in [1.29, 1.82) is 0 Å². The van der Waals surface area contributed by atoms with Gasteiger partial charge in [0.1, 0.15) is 11.2 Å². The molecule has 2 aliphatic rings. The zero-order valence-electron chi connectivity index (χ0n) is 29.7. The third kappa shape index (κ3) is 12.8. The molecule has 2 aliphatic heterocycles. The van der Waals surface area contributed by atoms with Crippen LogP contribution in [0.25, 0.3) is 0 Å². The number of piperazine rings is 2. The van der Waals surface area contributed by atoms with Gasteiger partial charge in [0, 0.05) is 69.9 Å². The second kappa shape index (κ2) is 16.8. The van der Waals surface area contributed by atoms with Crippen molar-refractivity contribution in [3.05, 3.63) is 68.7 Å². The van der Waals surface area contributed by atoms with Crippen LogP contribution in [0.15, 0.2) is 40.9 Å². The molecule has 0 radical (unpaired) electrons. The number of hydrogen-bond donors (Lipinski definition) is 0. The second-order valence-corrected chi connectivity index (χ2v) is 15.1. The molecule has 0 spiro atoms. The fourth-order valence-electron chi connectivity index (χ4n) is 5.22. The van der Waals surface area contributed by atoms with E-state index in [9.17, 15) is 14.4 Å². The maximum absolute atomic E-state index is 12.1. The highest BCUT2D eigenvalue weighted by Gasteiger charge is 2.27. The first-order valence-electron chi connectivity index (χ1n) is 16.3. The van der Waals surface area contributed by atoms with Gasteiger partial charge in [-0.05, 0) is 84.2 Å². The molecule has 11 heteroatoms. The normalized spacial score (nSPS) is 16.2. The summed E-state index contributed by atoms with van der Waals surface area (Å²) in [5.41, 5.74) is 4.22. The maximum Gasteiger partial charge on any atom is 0.410 e. The molecule has 0 saturated carbocycles. The lowest BCUT2D eigenvalue weighted by molar-refractivity contribution is 0.0129. The molecule has 4 rings (SSSR count). The van der Waals surface area contributed by atoms with Gasteiger partial charge in [0.15, 0.2) is 0 Å². The van der Waals surface area contributed by atoms with Crippen molar-refractivity contribution in [3.8, 4) is 0 Å². The molecule has 2 aromatic rings. The van der Waals surface area contributed by atoms with Crippen molar-refractivity contribution >= 4 is 34.1 Å². The molecule has 2 fully saturated rings. The topological polar surface area (TPSA) is 91.9 Å². The molecular formula is C36H53BrN4O6. The number of halogens is 1. The Bertz CT molecular complexity index is 1370. The average Bonchev–Trinajstić information content (AvgIpc) is 2.98. The Balaban J connectivity index is 0.000000257. The fraction of sp³-hybridized carbons (Fsp3) is 0.583. The van der Waals surface area contributed by atoms with E-state index >= 15 is 0 Å². The molecular weight excluding hydrogens is 664 g/mol. The van der Waals surface area contributed by atoms with E-state index in [1.807, 2.05) is 66.7 Å². The quantitative estimate of drug-likeness (QED) is 0.251. The minimum atomic E-state index is -0.481. The highest BCUT2D eigenvalue weighted by atomic mass is 79.9. The first kappa shape index (κ1) is 38.3. The van der Waals surface area contributed by atoms with Gasteiger partial charge >= 0.3 is 18.2 Å². The van der Waals surface area contributed by atoms with E-state index in [4.69, 9.17) is 14.2 Å². The number of aryl methyl sites for hydroxylation is 2. The maximum atomic E-state index is 12.1. The predicted molar refractivity (Wildman–Crippen MR) is 188 cm³/mol. The number of carbonyl (C=O) groups excluding carboxylic acids is 3. The first-order valence-corrected chi connectivity index (χ1v) is 17.1. The summed E-state index contributed by atoms with van der Waals surface area (Å²) in [6, 6.07) is 12.3. The Labute approximate surface area is 289 Å². The Morgan fingerprint density at radius 1 is 0.660 bits per heavy atom. The minimum Gasteiger partial charge on any atom is -0.465 e. The van der Waals surface area contributed by atoms with Gasteiger partial charge in [-0.1, -0.05) is 45.8 Å². The summed E-state index contributed by atoms with van der Waals surface area (Å²) in [4.78, 5) is 44.3. The van der Waals surface area contributed by atoms with Gasteiger partial charge in [0.2, 0.25) is 0 Å². The number of ether oxygens (including phenoxy) is 3. The number of rotatable bonds is 5. The second-order valence-electron chi connectivity index (χ2n) is 14.2. The Kier molecular flexibility index (Phi) is 13.7. The highest BCUT2D eigenvalue weighted by Crippen LogP contribution is 2.22. The summed E-state index contributed by atoms with van der Waals surface area (Å²) < 4.78 is 16.9. The number of benzene rings is 2. The van der Waals surface area contributed by atoms with Gasteiger partial charge in [0.05, 0.1) is 12.7 Å². The smallest absolute Gasteiger partial charge is 0.410 e. The molecule has 0 aromatic heterocycles. The molecule has 0 aliphatic carbocycles.